The quantitative estimate of drug-likeness (QED) is 0.772. The normalized spacial score (nSPS) is 22.8. The lowest BCUT2D eigenvalue weighted by Gasteiger charge is -2.43. The van der Waals surface area contributed by atoms with Gasteiger partial charge in [-0.1, -0.05) is 40.0 Å². The number of rotatable bonds is 4. The number of hydrogen-bond donors (Lipinski definition) is 1. The van der Waals surface area contributed by atoms with Gasteiger partial charge in [0.2, 0.25) is 0 Å². The van der Waals surface area contributed by atoms with Crippen molar-refractivity contribution in [3.8, 4) is 0 Å². The van der Waals surface area contributed by atoms with Gasteiger partial charge in [0.15, 0.2) is 8.32 Å². The molecule has 0 saturated heterocycles. The lowest BCUT2D eigenvalue weighted by molar-refractivity contribution is -0.00890. The maximum atomic E-state index is 10.1. The van der Waals surface area contributed by atoms with Crippen LogP contribution in [0.25, 0.3) is 0 Å². The Hall–Kier alpha value is 0.137. The van der Waals surface area contributed by atoms with Crippen LogP contribution in [-0.4, -0.2) is 25.6 Å². The van der Waals surface area contributed by atoms with Crippen molar-refractivity contribution in [2.45, 2.75) is 90.1 Å². The minimum atomic E-state index is -1.77. The van der Waals surface area contributed by atoms with Gasteiger partial charge < -0.3 is 9.53 Å². The van der Waals surface area contributed by atoms with Gasteiger partial charge in [0, 0.05) is 0 Å². The second kappa shape index (κ2) is 6.06. The highest BCUT2D eigenvalue weighted by Gasteiger charge is 2.42. The van der Waals surface area contributed by atoms with Crippen LogP contribution in [-0.2, 0) is 4.43 Å². The summed E-state index contributed by atoms with van der Waals surface area (Å²) in [5.41, 5.74) is 0. The highest BCUT2D eigenvalue weighted by molar-refractivity contribution is 6.74. The third-order valence-electron chi connectivity index (χ3n) is 4.83. The van der Waals surface area contributed by atoms with E-state index in [2.05, 4.69) is 33.9 Å². The number of aliphatic hydroxyl groups is 1. The van der Waals surface area contributed by atoms with Crippen LogP contribution < -0.4 is 0 Å². The smallest absolute Gasteiger partial charge is 0.192 e. The molecule has 0 heterocycles. The van der Waals surface area contributed by atoms with E-state index in [-0.39, 0.29) is 17.2 Å². The zero-order valence-corrected chi connectivity index (χ0v) is 14.1. The van der Waals surface area contributed by atoms with Crippen LogP contribution in [0.2, 0.25) is 18.1 Å². The predicted octanol–water partition coefficient (Wildman–Crippen LogP) is 4.34. The molecule has 1 rings (SSSR count). The summed E-state index contributed by atoms with van der Waals surface area (Å²) in [6.45, 7) is 13.3. The van der Waals surface area contributed by atoms with Gasteiger partial charge in [-0.05, 0) is 43.8 Å². The SMILES string of the molecule is CC(O)C(O[Si](C)(C)C(C)(C)C)C1CCCCC1. The molecule has 108 valence electrons. The van der Waals surface area contributed by atoms with Gasteiger partial charge in [-0.15, -0.1) is 0 Å². The Morgan fingerprint density at radius 2 is 1.61 bits per heavy atom. The minimum absolute atomic E-state index is 0.0474. The maximum absolute atomic E-state index is 10.1. The molecular weight excluding hydrogens is 240 g/mol. The Kier molecular flexibility index (Phi) is 5.45. The standard InChI is InChI=1S/C15H32O2Si/c1-12(16)14(13-10-8-7-9-11-13)17-18(5,6)15(2,3)4/h12-14,16H,7-11H2,1-6H3. The summed E-state index contributed by atoms with van der Waals surface area (Å²) < 4.78 is 6.49. The molecule has 1 aliphatic rings. The average molecular weight is 273 g/mol. The van der Waals surface area contributed by atoms with Gasteiger partial charge in [0.05, 0.1) is 12.2 Å². The van der Waals surface area contributed by atoms with E-state index < -0.39 is 8.32 Å². The Bertz CT molecular complexity index is 250. The van der Waals surface area contributed by atoms with Crippen LogP contribution >= 0.6 is 0 Å². The predicted molar refractivity (Wildman–Crippen MR) is 80.3 cm³/mol. The van der Waals surface area contributed by atoms with Gasteiger partial charge in [-0.2, -0.15) is 0 Å². The van der Waals surface area contributed by atoms with Crippen LogP contribution in [0.3, 0.4) is 0 Å². The van der Waals surface area contributed by atoms with Crippen LogP contribution in [0.5, 0.6) is 0 Å². The zero-order chi connectivity index (χ0) is 14.0. The monoisotopic (exact) mass is 272 g/mol. The van der Waals surface area contributed by atoms with E-state index in [4.69, 9.17) is 4.43 Å². The molecule has 2 unspecified atom stereocenters. The zero-order valence-electron chi connectivity index (χ0n) is 13.1. The Morgan fingerprint density at radius 1 is 1.11 bits per heavy atom. The molecule has 1 N–H and O–H groups in total. The molecule has 0 aromatic heterocycles. The van der Waals surface area contributed by atoms with Gasteiger partial charge in [0.25, 0.3) is 0 Å². The summed E-state index contributed by atoms with van der Waals surface area (Å²) in [4.78, 5) is 0. The van der Waals surface area contributed by atoms with E-state index in [0.29, 0.717) is 5.92 Å². The van der Waals surface area contributed by atoms with E-state index in [9.17, 15) is 5.11 Å². The van der Waals surface area contributed by atoms with E-state index in [0.717, 1.165) is 0 Å². The van der Waals surface area contributed by atoms with Crippen LogP contribution in [0.15, 0.2) is 0 Å². The summed E-state index contributed by atoms with van der Waals surface area (Å²) in [6, 6.07) is 0. The molecule has 0 aliphatic heterocycles. The summed E-state index contributed by atoms with van der Waals surface area (Å²) in [6.07, 6.45) is 6.11. The van der Waals surface area contributed by atoms with Gasteiger partial charge in [0.1, 0.15) is 0 Å². The first-order valence-electron chi connectivity index (χ1n) is 7.51. The van der Waals surface area contributed by atoms with Crippen molar-refractivity contribution in [3.05, 3.63) is 0 Å². The molecule has 0 amide bonds. The fourth-order valence-electron chi connectivity index (χ4n) is 2.57. The summed E-state index contributed by atoms with van der Waals surface area (Å²) in [7, 11) is -1.77. The minimum Gasteiger partial charge on any atom is -0.411 e. The van der Waals surface area contributed by atoms with Crippen molar-refractivity contribution >= 4 is 8.32 Å². The largest absolute Gasteiger partial charge is 0.411 e. The lowest BCUT2D eigenvalue weighted by atomic mass is 9.84. The molecule has 1 fully saturated rings. The molecule has 0 aromatic rings. The highest BCUT2D eigenvalue weighted by Crippen LogP contribution is 2.40. The molecule has 0 spiro atoms. The Labute approximate surface area is 114 Å². The number of hydrogen-bond acceptors (Lipinski definition) is 2. The molecule has 2 nitrogen and oxygen atoms in total. The van der Waals surface area contributed by atoms with E-state index in [1.165, 1.54) is 32.1 Å². The second-order valence-corrected chi connectivity index (χ2v) is 12.2. The first-order chi connectivity index (χ1) is 8.15. The van der Waals surface area contributed by atoms with Crippen molar-refractivity contribution in [2.75, 3.05) is 0 Å². The molecule has 0 aromatic carbocycles. The van der Waals surface area contributed by atoms with E-state index >= 15 is 0 Å². The Morgan fingerprint density at radius 3 is 2.00 bits per heavy atom. The Balaban J connectivity index is 2.74. The van der Waals surface area contributed by atoms with Crippen molar-refractivity contribution in [1.82, 2.24) is 0 Å². The highest BCUT2D eigenvalue weighted by atomic mass is 28.4. The van der Waals surface area contributed by atoms with Gasteiger partial charge in [-0.25, -0.2) is 0 Å². The molecule has 0 radical (unpaired) electrons. The van der Waals surface area contributed by atoms with E-state index in [1.807, 2.05) is 6.92 Å². The lowest BCUT2D eigenvalue weighted by Crippen LogP contribution is -2.49. The summed E-state index contributed by atoms with van der Waals surface area (Å²) in [5, 5.41) is 10.3. The van der Waals surface area contributed by atoms with Gasteiger partial charge >= 0.3 is 0 Å². The van der Waals surface area contributed by atoms with Crippen LogP contribution in [0, 0.1) is 5.92 Å². The van der Waals surface area contributed by atoms with Crippen molar-refractivity contribution in [3.63, 3.8) is 0 Å². The summed E-state index contributed by atoms with van der Waals surface area (Å²) >= 11 is 0. The molecule has 2 atom stereocenters. The molecule has 1 saturated carbocycles. The molecular formula is C15H32O2Si. The first kappa shape index (κ1) is 16.2. The van der Waals surface area contributed by atoms with Crippen molar-refractivity contribution in [1.29, 1.82) is 0 Å². The van der Waals surface area contributed by atoms with Crippen LogP contribution in [0.4, 0.5) is 0 Å². The third kappa shape index (κ3) is 4.07. The van der Waals surface area contributed by atoms with Crippen molar-refractivity contribution < 1.29 is 9.53 Å². The fraction of sp³-hybridized carbons (Fsp3) is 1.00. The fourth-order valence-corrected chi connectivity index (χ4v) is 3.99. The topological polar surface area (TPSA) is 29.5 Å². The molecule has 18 heavy (non-hydrogen) atoms. The van der Waals surface area contributed by atoms with Crippen LogP contribution in [0.1, 0.15) is 59.8 Å². The third-order valence-corrected chi connectivity index (χ3v) is 9.30. The van der Waals surface area contributed by atoms with E-state index in [1.54, 1.807) is 0 Å². The van der Waals surface area contributed by atoms with Crippen molar-refractivity contribution in [2.24, 2.45) is 5.92 Å². The summed E-state index contributed by atoms with van der Waals surface area (Å²) in [5.74, 6) is 0.563. The molecule has 0 bridgehead atoms. The second-order valence-electron chi connectivity index (χ2n) is 7.48. The van der Waals surface area contributed by atoms with Gasteiger partial charge in [-0.3, -0.25) is 0 Å². The number of aliphatic hydroxyl groups excluding tert-OH is 1. The first-order valence-corrected chi connectivity index (χ1v) is 10.4. The maximum Gasteiger partial charge on any atom is 0.192 e. The molecule has 3 heteroatoms. The average Bonchev–Trinajstić information content (AvgIpc) is 2.25. The molecule has 1 aliphatic carbocycles.